The third kappa shape index (κ3) is 10.6. The number of aliphatic carboxylic acids is 1. The van der Waals surface area contributed by atoms with Gasteiger partial charge in [-0.15, -0.1) is 0 Å². The summed E-state index contributed by atoms with van der Waals surface area (Å²) < 4.78 is 0. The van der Waals surface area contributed by atoms with Gasteiger partial charge in [0.1, 0.15) is 29.9 Å². The van der Waals surface area contributed by atoms with Crippen LogP contribution in [0.3, 0.4) is 0 Å². The van der Waals surface area contributed by atoms with Gasteiger partial charge in [-0.1, -0.05) is 12.1 Å². The van der Waals surface area contributed by atoms with Gasteiger partial charge in [0.25, 0.3) is 0 Å². The fraction of sp³-hybridized carbons (Fsp3) is 0.500. The first kappa shape index (κ1) is 30.1. The number of aliphatic hydroxyl groups excluding tert-OH is 1. The first-order chi connectivity index (χ1) is 16.8. The van der Waals surface area contributed by atoms with E-state index in [4.69, 9.17) is 17.2 Å². The summed E-state index contributed by atoms with van der Waals surface area (Å²) in [7, 11) is 0. The molecular formula is C22H35N7O7. The standard InChI is InChI=1S/C22H35N7O7/c1-11(18(32)28-15(21(35)36)4-3-9-26-22(24)25)27-19(33)16(29-20(34)17(23)12(2)30)10-13-5-7-14(31)8-6-13/h5-8,11-12,15-17,30-31H,3-4,9-10,23H2,1-2H3,(H,27,33)(H,28,32)(H,29,34)(H,35,36)(H4,24,25,26). The van der Waals surface area contributed by atoms with Gasteiger partial charge in [0, 0.05) is 13.0 Å². The van der Waals surface area contributed by atoms with E-state index >= 15 is 0 Å². The Balaban J connectivity index is 2.87. The van der Waals surface area contributed by atoms with Gasteiger partial charge in [0.05, 0.1) is 6.10 Å². The smallest absolute Gasteiger partial charge is 0.326 e. The van der Waals surface area contributed by atoms with Crippen LogP contribution in [0.4, 0.5) is 0 Å². The molecule has 5 atom stereocenters. The van der Waals surface area contributed by atoms with E-state index < -0.39 is 54.0 Å². The molecule has 0 aromatic heterocycles. The third-order valence-electron chi connectivity index (χ3n) is 5.14. The number of carbonyl (C=O) groups excluding carboxylic acids is 3. The van der Waals surface area contributed by atoms with Gasteiger partial charge in [0.2, 0.25) is 17.7 Å². The molecule has 36 heavy (non-hydrogen) atoms. The average Bonchev–Trinajstić information content (AvgIpc) is 2.80. The lowest BCUT2D eigenvalue weighted by Crippen LogP contribution is -2.58. The Morgan fingerprint density at radius 2 is 1.53 bits per heavy atom. The molecule has 0 aliphatic heterocycles. The maximum absolute atomic E-state index is 12.9. The number of aromatic hydroxyl groups is 1. The Labute approximate surface area is 208 Å². The highest BCUT2D eigenvalue weighted by atomic mass is 16.4. The molecule has 14 heteroatoms. The van der Waals surface area contributed by atoms with Crippen molar-refractivity contribution in [1.29, 1.82) is 0 Å². The van der Waals surface area contributed by atoms with Crippen molar-refractivity contribution in [2.75, 3.05) is 6.54 Å². The van der Waals surface area contributed by atoms with E-state index in [1.54, 1.807) is 12.1 Å². The van der Waals surface area contributed by atoms with Gasteiger partial charge in [-0.05, 0) is 44.4 Å². The zero-order valence-corrected chi connectivity index (χ0v) is 20.2. The van der Waals surface area contributed by atoms with Crippen LogP contribution in [0.2, 0.25) is 0 Å². The van der Waals surface area contributed by atoms with Crippen LogP contribution in [-0.2, 0) is 25.6 Å². The predicted molar refractivity (Wildman–Crippen MR) is 130 cm³/mol. The monoisotopic (exact) mass is 509 g/mol. The largest absolute Gasteiger partial charge is 0.508 e. The maximum atomic E-state index is 12.9. The van der Waals surface area contributed by atoms with Crippen LogP contribution in [0.25, 0.3) is 0 Å². The van der Waals surface area contributed by atoms with Crippen LogP contribution >= 0.6 is 0 Å². The molecule has 14 nitrogen and oxygen atoms in total. The summed E-state index contributed by atoms with van der Waals surface area (Å²) in [6.45, 7) is 2.86. The number of phenols is 1. The third-order valence-corrected chi connectivity index (χ3v) is 5.14. The second kappa shape index (κ2) is 14.5. The first-order valence-corrected chi connectivity index (χ1v) is 11.2. The Bertz CT molecular complexity index is 933. The van der Waals surface area contributed by atoms with E-state index in [0.29, 0.717) is 12.0 Å². The number of benzene rings is 1. The molecule has 1 aromatic carbocycles. The van der Waals surface area contributed by atoms with E-state index in [9.17, 15) is 34.5 Å². The van der Waals surface area contributed by atoms with Crippen LogP contribution in [0.5, 0.6) is 5.75 Å². The van der Waals surface area contributed by atoms with Crippen molar-refractivity contribution in [1.82, 2.24) is 16.0 Å². The molecule has 0 spiro atoms. The topological polar surface area (TPSA) is 255 Å². The van der Waals surface area contributed by atoms with Crippen LogP contribution < -0.4 is 33.2 Å². The SMILES string of the molecule is CC(NC(=O)C(Cc1ccc(O)cc1)NC(=O)C(N)C(C)O)C(=O)NC(CCCN=C(N)N)C(=O)O. The molecule has 1 aromatic rings. The molecule has 0 aliphatic rings. The molecule has 0 fully saturated rings. The van der Waals surface area contributed by atoms with Crippen molar-refractivity contribution in [2.45, 2.75) is 63.4 Å². The number of phenolic OH excluding ortho intramolecular Hbond substituents is 1. The number of nitrogens with two attached hydrogens (primary N) is 3. The Hall–Kier alpha value is -3.91. The summed E-state index contributed by atoms with van der Waals surface area (Å²) >= 11 is 0. The molecule has 0 aliphatic carbocycles. The van der Waals surface area contributed by atoms with Crippen molar-refractivity contribution in [2.24, 2.45) is 22.2 Å². The van der Waals surface area contributed by atoms with E-state index in [-0.39, 0.29) is 31.1 Å². The summed E-state index contributed by atoms with van der Waals surface area (Å²) in [6, 6.07) is 1.04. The van der Waals surface area contributed by atoms with Gasteiger partial charge < -0.3 is 48.5 Å². The molecule has 200 valence electrons. The fourth-order valence-electron chi connectivity index (χ4n) is 3.00. The zero-order chi connectivity index (χ0) is 27.4. The van der Waals surface area contributed by atoms with Crippen molar-refractivity contribution in [3.8, 4) is 5.75 Å². The molecule has 0 heterocycles. The lowest BCUT2D eigenvalue weighted by atomic mass is 10.0. The highest BCUT2D eigenvalue weighted by Gasteiger charge is 2.29. The number of hydrogen-bond donors (Lipinski definition) is 9. The highest BCUT2D eigenvalue weighted by Crippen LogP contribution is 2.12. The molecule has 12 N–H and O–H groups in total. The Morgan fingerprint density at radius 3 is 2.06 bits per heavy atom. The minimum Gasteiger partial charge on any atom is -0.508 e. The minimum absolute atomic E-state index is 0.0106. The summed E-state index contributed by atoms with van der Waals surface area (Å²) in [5.74, 6) is -3.67. The first-order valence-electron chi connectivity index (χ1n) is 11.2. The van der Waals surface area contributed by atoms with Crippen molar-refractivity contribution in [3.63, 3.8) is 0 Å². The molecule has 1 rings (SSSR count). The van der Waals surface area contributed by atoms with E-state index in [1.165, 1.54) is 26.0 Å². The maximum Gasteiger partial charge on any atom is 0.326 e. The van der Waals surface area contributed by atoms with Crippen LogP contribution in [0.15, 0.2) is 29.3 Å². The molecular weight excluding hydrogens is 474 g/mol. The van der Waals surface area contributed by atoms with Gasteiger partial charge in [-0.25, -0.2) is 4.79 Å². The molecule has 0 bridgehead atoms. The number of guanidine groups is 1. The number of rotatable bonds is 14. The van der Waals surface area contributed by atoms with Crippen LogP contribution in [0, 0.1) is 0 Å². The normalized spacial score (nSPS) is 14.9. The number of nitrogens with one attached hydrogen (secondary N) is 3. The van der Waals surface area contributed by atoms with Gasteiger partial charge in [-0.3, -0.25) is 19.4 Å². The van der Waals surface area contributed by atoms with E-state index in [0.717, 1.165) is 0 Å². The number of hydrogen-bond acceptors (Lipinski definition) is 8. The highest BCUT2D eigenvalue weighted by molar-refractivity contribution is 5.94. The fourth-order valence-corrected chi connectivity index (χ4v) is 3.00. The molecule has 0 saturated carbocycles. The van der Waals surface area contributed by atoms with Gasteiger partial charge >= 0.3 is 5.97 Å². The molecule has 3 amide bonds. The lowest BCUT2D eigenvalue weighted by Gasteiger charge is -2.24. The lowest BCUT2D eigenvalue weighted by molar-refractivity contribution is -0.142. The Kier molecular flexibility index (Phi) is 12.1. The summed E-state index contributed by atoms with van der Waals surface area (Å²) in [5.41, 5.74) is 16.7. The quantitative estimate of drug-likeness (QED) is 0.0709. The molecule has 0 radical (unpaired) electrons. The van der Waals surface area contributed by atoms with E-state index in [2.05, 4.69) is 20.9 Å². The van der Waals surface area contributed by atoms with Crippen LogP contribution in [0.1, 0.15) is 32.3 Å². The molecule has 0 saturated heterocycles. The number of aliphatic hydroxyl groups is 1. The van der Waals surface area contributed by atoms with Crippen molar-refractivity contribution in [3.05, 3.63) is 29.8 Å². The minimum atomic E-state index is -1.30. The average molecular weight is 510 g/mol. The molecule has 5 unspecified atom stereocenters. The number of carboxylic acids is 1. The number of nitrogens with zero attached hydrogens (tertiary/aromatic N) is 1. The summed E-state index contributed by atoms with van der Waals surface area (Å²) in [5, 5.41) is 35.7. The van der Waals surface area contributed by atoms with Crippen LogP contribution in [-0.4, -0.2) is 81.8 Å². The summed E-state index contributed by atoms with van der Waals surface area (Å²) in [6.07, 6.45) is -0.844. The Morgan fingerprint density at radius 1 is 0.944 bits per heavy atom. The number of carbonyl (C=O) groups is 4. The predicted octanol–water partition coefficient (Wildman–Crippen LogP) is -2.74. The second-order valence-electron chi connectivity index (χ2n) is 8.28. The second-order valence-corrected chi connectivity index (χ2v) is 8.28. The van der Waals surface area contributed by atoms with Crippen molar-refractivity contribution < 1.29 is 34.5 Å². The summed E-state index contributed by atoms with van der Waals surface area (Å²) in [4.78, 5) is 53.1. The van der Waals surface area contributed by atoms with Gasteiger partial charge in [0.15, 0.2) is 5.96 Å². The van der Waals surface area contributed by atoms with Gasteiger partial charge in [-0.2, -0.15) is 0 Å². The number of amides is 3. The number of aliphatic imine (C=N–C) groups is 1. The van der Waals surface area contributed by atoms with E-state index in [1.807, 2.05) is 0 Å². The van der Waals surface area contributed by atoms with Crippen molar-refractivity contribution >= 4 is 29.7 Å². The number of carboxylic acid groups (broad SMARTS) is 1. The zero-order valence-electron chi connectivity index (χ0n) is 20.2.